The van der Waals surface area contributed by atoms with E-state index >= 15 is 0 Å². The molecule has 148 valence electrons. The van der Waals surface area contributed by atoms with Gasteiger partial charge >= 0.3 is 6.09 Å². The Balaban J connectivity index is 2.06. The third kappa shape index (κ3) is 3.90. The Morgan fingerprint density at radius 1 is 1.41 bits per heavy atom. The fourth-order valence-electron chi connectivity index (χ4n) is 3.09. The van der Waals surface area contributed by atoms with Crippen molar-refractivity contribution in [2.24, 2.45) is 0 Å². The maximum Gasteiger partial charge on any atom is 0.404 e. The summed E-state index contributed by atoms with van der Waals surface area (Å²) in [6.45, 7) is 6.08. The number of rotatable bonds is 3. The Bertz CT molecular complexity index is 980. The van der Waals surface area contributed by atoms with Crippen LogP contribution in [0.1, 0.15) is 39.5 Å². The number of halogens is 1. The number of hydrogen-bond acceptors (Lipinski definition) is 5. The normalized spacial score (nSPS) is 19.3. The van der Waals surface area contributed by atoms with Gasteiger partial charge in [-0.05, 0) is 25.0 Å². The van der Waals surface area contributed by atoms with Crippen molar-refractivity contribution < 1.29 is 22.7 Å². The number of carbonyl (C=O) groups is 1. The molecular weight excluding hydrogens is 394 g/mol. The van der Waals surface area contributed by atoms with Crippen LogP contribution < -0.4 is 5.32 Å². The lowest BCUT2D eigenvalue weighted by Crippen LogP contribution is -2.49. The third-order valence-electron chi connectivity index (χ3n) is 4.42. The highest BCUT2D eigenvalue weighted by Gasteiger charge is 2.35. The number of piperidine rings is 1. The zero-order valence-electron chi connectivity index (χ0n) is 15.3. The molecule has 27 heavy (non-hydrogen) atoms. The zero-order chi connectivity index (χ0) is 20.0. The van der Waals surface area contributed by atoms with Crippen LogP contribution in [0.5, 0.6) is 0 Å². The first-order chi connectivity index (χ1) is 12.5. The molecule has 2 aromatic rings. The SMILES string of the molecule is CC(C)(C)c1nc2ccc(Cl)c(S(=O)(=O)N3CCC[C@@H](NC(=O)O)C3)c2o1. The minimum absolute atomic E-state index is 0.0433. The fourth-order valence-corrected chi connectivity index (χ4v) is 5.23. The predicted octanol–water partition coefficient (Wildman–Crippen LogP) is 3.20. The van der Waals surface area contributed by atoms with E-state index in [1.54, 1.807) is 6.07 Å². The van der Waals surface area contributed by atoms with Crippen molar-refractivity contribution in [2.45, 2.75) is 50.0 Å². The summed E-state index contributed by atoms with van der Waals surface area (Å²) in [5.74, 6) is 0.417. The summed E-state index contributed by atoms with van der Waals surface area (Å²) in [6.07, 6.45) is -0.0573. The molecule has 0 saturated carbocycles. The highest BCUT2D eigenvalue weighted by molar-refractivity contribution is 7.89. The van der Waals surface area contributed by atoms with Crippen LogP contribution in [0.4, 0.5) is 4.79 Å². The monoisotopic (exact) mass is 415 g/mol. The Morgan fingerprint density at radius 2 is 2.11 bits per heavy atom. The van der Waals surface area contributed by atoms with E-state index in [1.807, 2.05) is 20.8 Å². The molecule has 1 atom stereocenters. The number of aromatic nitrogens is 1. The number of nitrogens with zero attached hydrogens (tertiary/aromatic N) is 2. The Kier molecular flexibility index (Phi) is 5.13. The number of benzene rings is 1. The highest BCUT2D eigenvalue weighted by atomic mass is 35.5. The lowest BCUT2D eigenvalue weighted by molar-refractivity contribution is 0.181. The molecule has 8 nitrogen and oxygen atoms in total. The molecule has 1 aromatic heterocycles. The van der Waals surface area contributed by atoms with Gasteiger partial charge in [0.2, 0.25) is 15.9 Å². The van der Waals surface area contributed by atoms with Gasteiger partial charge in [0, 0.05) is 24.5 Å². The van der Waals surface area contributed by atoms with Crippen LogP contribution in [-0.2, 0) is 15.4 Å². The number of fused-ring (bicyclic) bond motifs is 1. The van der Waals surface area contributed by atoms with Crippen LogP contribution in [-0.4, -0.2) is 48.0 Å². The number of hydrogen-bond donors (Lipinski definition) is 2. The largest absolute Gasteiger partial charge is 0.465 e. The summed E-state index contributed by atoms with van der Waals surface area (Å²) in [6, 6.07) is 2.65. The molecule has 1 saturated heterocycles. The van der Waals surface area contributed by atoms with Gasteiger partial charge in [0.25, 0.3) is 0 Å². The minimum Gasteiger partial charge on any atom is -0.465 e. The van der Waals surface area contributed by atoms with Gasteiger partial charge < -0.3 is 14.8 Å². The quantitative estimate of drug-likeness (QED) is 0.795. The summed E-state index contributed by atoms with van der Waals surface area (Å²) in [4.78, 5) is 15.2. The molecule has 0 radical (unpaired) electrons. The third-order valence-corrected chi connectivity index (χ3v) is 6.77. The van der Waals surface area contributed by atoms with Crippen LogP contribution in [0, 0.1) is 0 Å². The maximum absolute atomic E-state index is 13.3. The zero-order valence-corrected chi connectivity index (χ0v) is 16.9. The smallest absolute Gasteiger partial charge is 0.404 e. The molecule has 0 bridgehead atoms. The molecule has 3 rings (SSSR count). The van der Waals surface area contributed by atoms with Gasteiger partial charge in [-0.15, -0.1) is 0 Å². The second-order valence-electron chi connectivity index (χ2n) is 7.65. The van der Waals surface area contributed by atoms with Crippen molar-refractivity contribution in [3.05, 3.63) is 23.0 Å². The molecule has 2 heterocycles. The second-order valence-corrected chi connectivity index (χ2v) is 9.93. The van der Waals surface area contributed by atoms with Crippen LogP contribution >= 0.6 is 11.6 Å². The summed E-state index contributed by atoms with van der Waals surface area (Å²) in [5, 5.41) is 11.3. The Labute approximate surface area is 162 Å². The highest BCUT2D eigenvalue weighted by Crippen LogP contribution is 2.36. The summed E-state index contributed by atoms with van der Waals surface area (Å²) >= 11 is 6.25. The van der Waals surface area contributed by atoms with E-state index in [9.17, 15) is 13.2 Å². The number of carboxylic acid groups (broad SMARTS) is 1. The van der Waals surface area contributed by atoms with E-state index in [0.29, 0.717) is 24.2 Å². The van der Waals surface area contributed by atoms with Crippen molar-refractivity contribution in [3.63, 3.8) is 0 Å². The van der Waals surface area contributed by atoms with Gasteiger partial charge in [-0.1, -0.05) is 32.4 Å². The van der Waals surface area contributed by atoms with Gasteiger partial charge in [0.15, 0.2) is 5.58 Å². The van der Waals surface area contributed by atoms with Gasteiger partial charge in [0.05, 0.1) is 5.02 Å². The molecule has 0 aliphatic carbocycles. The lowest BCUT2D eigenvalue weighted by Gasteiger charge is -2.31. The second kappa shape index (κ2) is 6.96. The first-order valence-electron chi connectivity index (χ1n) is 8.59. The topological polar surface area (TPSA) is 113 Å². The molecule has 1 aromatic carbocycles. The molecule has 2 N–H and O–H groups in total. The van der Waals surface area contributed by atoms with E-state index < -0.39 is 27.6 Å². The van der Waals surface area contributed by atoms with Crippen LogP contribution in [0.3, 0.4) is 0 Å². The van der Waals surface area contributed by atoms with E-state index in [4.69, 9.17) is 21.1 Å². The standard InChI is InChI=1S/C17H22ClN3O5S/c1-17(2,3)15-20-12-7-6-11(18)14(13(12)26-15)27(24,25)21-8-4-5-10(9-21)19-16(22)23/h6-7,10,19H,4-5,8-9H2,1-3H3,(H,22,23)/t10-/m1/s1. The number of nitrogens with one attached hydrogen (secondary N) is 1. The van der Waals surface area contributed by atoms with Gasteiger partial charge in [-0.2, -0.15) is 4.31 Å². The average Bonchev–Trinajstić information content (AvgIpc) is 2.98. The minimum atomic E-state index is -3.99. The van der Waals surface area contributed by atoms with Crippen molar-refractivity contribution >= 4 is 38.8 Å². The fraction of sp³-hybridized carbons (Fsp3) is 0.529. The molecular formula is C17H22ClN3O5S. The molecule has 1 aliphatic heterocycles. The first kappa shape index (κ1) is 19.9. The molecule has 1 fully saturated rings. The molecule has 10 heteroatoms. The van der Waals surface area contributed by atoms with Gasteiger partial charge in [-0.3, -0.25) is 0 Å². The lowest BCUT2D eigenvalue weighted by atomic mass is 9.97. The van der Waals surface area contributed by atoms with Crippen LogP contribution in [0.2, 0.25) is 5.02 Å². The van der Waals surface area contributed by atoms with E-state index in [2.05, 4.69) is 10.3 Å². The first-order valence-corrected chi connectivity index (χ1v) is 10.4. The maximum atomic E-state index is 13.3. The van der Waals surface area contributed by atoms with Crippen molar-refractivity contribution in [3.8, 4) is 0 Å². The summed E-state index contributed by atoms with van der Waals surface area (Å²) in [7, 11) is -3.99. The van der Waals surface area contributed by atoms with Crippen molar-refractivity contribution in [2.75, 3.05) is 13.1 Å². The van der Waals surface area contributed by atoms with Crippen LogP contribution in [0.15, 0.2) is 21.4 Å². The van der Waals surface area contributed by atoms with Crippen LogP contribution in [0.25, 0.3) is 11.1 Å². The van der Waals surface area contributed by atoms with E-state index in [0.717, 1.165) is 0 Å². The van der Waals surface area contributed by atoms with E-state index in [1.165, 1.54) is 10.4 Å². The van der Waals surface area contributed by atoms with Gasteiger partial charge in [0.1, 0.15) is 10.4 Å². The molecule has 1 aliphatic rings. The van der Waals surface area contributed by atoms with Gasteiger partial charge in [-0.25, -0.2) is 18.2 Å². The summed E-state index contributed by atoms with van der Waals surface area (Å²) < 4.78 is 33.6. The average molecular weight is 416 g/mol. The molecule has 1 amide bonds. The number of oxazole rings is 1. The van der Waals surface area contributed by atoms with E-state index in [-0.39, 0.29) is 28.6 Å². The van der Waals surface area contributed by atoms with Crippen molar-refractivity contribution in [1.82, 2.24) is 14.6 Å². The Morgan fingerprint density at radius 3 is 2.74 bits per heavy atom. The Hall–Kier alpha value is -1.84. The molecule has 0 unspecified atom stereocenters. The molecule has 0 spiro atoms. The summed E-state index contributed by atoms with van der Waals surface area (Å²) in [5.41, 5.74) is 0.148. The number of amides is 1. The predicted molar refractivity (Wildman–Crippen MR) is 101 cm³/mol. The van der Waals surface area contributed by atoms with Crippen molar-refractivity contribution in [1.29, 1.82) is 0 Å². The number of sulfonamides is 1.